The zero-order chi connectivity index (χ0) is 14.1. The van der Waals surface area contributed by atoms with E-state index >= 15 is 0 Å². The minimum absolute atomic E-state index is 0.461. The fourth-order valence-electron chi connectivity index (χ4n) is 3.30. The van der Waals surface area contributed by atoms with Gasteiger partial charge in [0.2, 0.25) is 0 Å². The van der Waals surface area contributed by atoms with Gasteiger partial charge >= 0.3 is 0 Å². The third-order valence-electron chi connectivity index (χ3n) is 4.38. The summed E-state index contributed by atoms with van der Waals surface area (Å²) in [6.07, 6.45) is 6.43. The maximum absolute atomic E-state index is 4.37. The Morgan fingerprint density at radius 1 is 1.14 bits per heavy atom. The Bertz CT molecular complexity index is 749. The van der Waals surface area contributed by atoms with Gasteiger partial charge in [-0.3, -0.25) is 0 Å². The lowest BCUT2D eigenvalue weighted by Gasteiger charge is -2.15. The number of imidazole rings is 1. The van der Waals surface area contributed by atoms with Gasteiger partial charge in [-0.25, -0.2) is 4.98 Å². The highest BCUT2D eigenvalue weighted by molar-refractivity contribution is 5.85. The molecule has 0 amide bonds. The van der Waals surface area contributed by atoms with Crippen molar-refractivity contribution in [2.45, 2.75) is 25.4 Å². The predicted octanol–water partition coefficient (Wildman–Crippen LogP) is 3.51. The van der Waals surface area contributed by atoms with E-state index in [4.69, 9.17) is 0 Å². The van der Waals surface area contributed by atoms with Gasteiger partial charge in [0.15, 0.2) is 0 Å². The monoisotopic (exact) mass is 277 g/mol. The van der Waals surface area contributed by atoms with Gasteiger partial charge < -0.3 is 9.88 Å². The Balaban J connectivity index is 1.71. The van der Waals surface area contributed by atoms with Gasteiger partial charge in [0, 0.05) is 18.8 Å². The lowest BCUT2D eigenvalue weighted by atomic mass is 10.0. The summed E-state index contributed by atoms with van der Waals surface area (Å²) in [6.45, 7) is 2.00. The van der Waals surface area contributed by atoms with Crippen molar-refractivity contribution in [3.05, 3.63) is 66.2 Å². The molecule has 2 heterocycles. The van der Waals surface area contributed by atoms with E-state index in [1.807, 2.05) is 12.5 Å². The highest BCUT2D eigenvalue weighted by atomic mass is 15.1. The zero-order valence-electron chi connectivity index (χ0n) is 12.0. The molecule has 21 heavy (non-hydrogen) atoms. The molecule has 1 aliphatic heterocycles. The van der Waals surface area contributed by atoms with Crippen molar-refractivity contribution in [2.75, 3.05) is 6.54 Å². The van der Waals surface area contributed by atoms with E-state index in [0.717, 1.165) is 13.1 Å². The fraction of sp³-hybridized carbons (Fsp3) is 0.278. The summed E-state index contributed by atoms with van der Waals surface area (Å²) in [5.41, 5.74) is 2.66. The molecule has 1 saturated heterocycles. The number of nitrogens with one attached hydrogen (secondary N) is 1. The molecule has 1 unspecified atom stereocenters. The SMILES string of the molecule is c1ccc2c(Cn3cncc3C3CCCN3)cccc2c1. The van der Waals surface area contributed by atoms with Crippen LogP contribution in [0.3, 0.4) is 0 Å². The van der Waals surface area contributed by atoms with E-state index in [2.05, 4.69) is 57.3 Å². The molecular formula is C18H19N3. The van der Waals surface area contributed by atoms with Gasteiger partial charge in [-0.2, -0.15) is 0 Å². The summed E-state index contributed by atoms with van der Waals surface area (Å²) < 4.78 is 2.28. The normalized spacial score (nSPS) is 18.4. The second-order valence-electron chi connectivity index (χ2n) is 5.73. The van der Waals surface area contributed by atoms with Crippen molar-refractivity contribution < 1.29 is 0 Å². The summed E-state index contributed by atoms with van der Waals surface area (Å²) in [6, 6.07) is 15.6. The quantitative estimate of drug-likeness (QED) is 0.794. The minimum Gasteiger partial charge on any atom is -0.329 e. The maximum atomic E-state index is 4.37. The summed E-state index contributed by atoms with van der Waals surface area (Å²) in [5.74, 6) is 0. The Morgan fingerprint density at radius 3 is 2.95 bits per heavy atom. The number of fused-ring (bicyclic) bond motifs is 1. The molecular weight excluding hydrogens is 258 g/mol. The first-order chi connectivity index (χ1) is 10.4. The molecule has 0 bridgehead atoms. The number of hydrogen-bond donors (Lipinski definition) is 1. The lowest BCUT2D eigenvalue weighted by Crippen LogP contribution is -2.17. The topological polar surface area (TPSA) is 29.9 Å². The number of aromatic nitrogens is 2. The van der Waals surface area contributed by atoms with Gasteiger partial charge in [-0.15, -0.1) is 0 Å². The first-order valence-corrected chi connectivity index (χ1v) is 7.62. The van der Waals surface area contributed by atoms with Crippen LogP contribution in [0.15, 0.2) is 55.0 Å². The third-order valence-corrected chi connectivity index (χ3v) is 4.38. The summed E-state index contributed by atoms with van der Waals surface area (Å²) in [7, 11) is 0. The Kier molecular flexibility index (Phi) is 3.20. The van der Waals surface area contributed by atoms with Crippen LogP contribution in [0.1, 0.15) is 30.1 Å². The molecule has 1 atom stereocenters. The standard InChI is InChI=1S/C18H19N3/c1-2-8-16-14(5-1)6-3-7-15(16)12-21-13-19-11-18(21)17-9-4-10-20-17/h1-3,5-8,11,13,17,20H,4,9-10,12H2. The molecule has 0 aliphatic carbocycles. The molecule has 3 nitrogen and oxygen atoms in total. The molecule has 1 fully saturated rings. The van der Waals surface area contributed by atoms with Gasteiger partial charge in [-0.1, -0.05) is 42.5 Å². The molecule has 0 saturated carbocycles. The Morgan fingerprint density at radius 2 is 2.05 bits per heavy atom. The van der Waals surface area contributed by atoms with E-state index < -0.39 is 0 Å². The molecule has 3 aromatic rings. The molecule has 3 heteroatoms. The van der Waals surface area contributed by atoms with Gasteiger partial charge in [0.05, 0.1) is 12.0 Å². The zero-order valence-corrected chi connectivity index (χ0v) is 12.0. The van der Waals surface area contributed by atoms with E-state index in [-0.39, 0.29) is 0 Å². The second kappa shape index (κ2) is 5.34. The highest BCUT2D eigenvalue weighted by Gasteiger charge is 2.19. The van der Waals surface area contributed by atoms with E-state index in [9.17, 15) is 0 Å². The van der Waals surface area contributed by atoms with Crippen molar-refractivity contribution >= 4 is 10.8 Å². The van der Waals surface area contributed by atoms with Crippen molar-refractivity contribution in [1.29, 1.82) is 0 Å². The van der Waals surface area contributed by atoms with E-state index in [0.29, 0.717) is 6.04 Å². The molecule has 2 aromatic carbocycles. The Labute approximate surface area is 124 Å². The predicted molar refractivity (Wildman–Crippen MR) is 85.3 cm³/mol. The summed E-state index contributed by atoms with van der Waals surface area (Å²) >= 11 is 0. The second-order valence-corrected chi connectivity index (χ2v) is 5.73. The first kappa shape index (κ1) is 12.6. The van der Waals surface area contributed by atoms with Crippen molar-refractivity contribution in [2.24, 2.45) is 0 Å². The number of hydrogen-bond acceptors (Lipinski definition) is 2. The largest absolute Gasteiger partial charge is 0.329 e. The molecule has 1 aliphatic rings. The van der Waals surface area contributed by atoms with Gasteiger partial charge in [-0.05, 0) is 35.7 Å². The number of rotatable bonds is 3. The van der Waals surface area contributed by atoms with Crippen LogP contribution in [-0.4, -0.2) is 16.1 Å². The molecule has 1 N–H and O–H groups in total. The van der Waals surface area contributed by atoms with Crippen molar-refractivity contribution in [3.8, 4) is 0 Å². The molecule has 0 spiro atoms. The highest BCUT2D eigenvalue weighted by Crippen LogP contribution is 2.25. The number of benzene rings is 2. The molecule has 0 radical (unpaired) electrons. The lowest BCUT2D eigenvalue weighted by molar-refractivity contribution is 0.585. The average molecular weight is 277 g/mol. The van der Waals surface area contributed by atoms with Crippen LogP contribution < -0.4 is 5.32 Å². The molecule has 4 rings (SSSR count). The fourth-order valence-corrected chi connectivity index (χ4v) is 3.30. The van der Waals surface area contributed by atoms with Crippen LogP contribution in [0, 0.1) is 0 Å². The summed E-state index contributed by atoms with van der Waals surface area (Å²) in [5, 5.41) is 6.20. The van der Waals surface area contributed by atoms with Gasteiger partial charge in [0.25, 0.3) is 0 Å². The van der Waals surface area contributed by atoms with Crippen molar-refractivity contribution in [1.82, 2.24) is 14.9 Å². The van der Waals surface area contributed by atoms with Crippen LogP contribution in [0.2, 0.25) is 0 Å². The Hall–Kier alpha value is -2.13. The van der Waals surface area contributed by atoms with E-state index in [1.165, 1.54) is 34.9 Å². The molecule has 1 aromatic heterocycles. The maximum Gasteiger partial charge on any atom is 0.0951 e. The average Bonchev–Trinajstić information content (AvgIpc) is 3.18. The van der Waals surface area contributed by atoms with E-state index in [1.54, 1.807) is 0 Å². The summed E-state index contributed by atoms with van der Waals surface area (Å²) in [4.78, 5) is 4.37. The van der Waals surface area contributed by atoms with Crippen LogP contribution >= 0.6 is 0 Å². The van der Waals surface area contributed by atoms with Gasteiger partial charge in [0.1, 0.15) is 0 Å². The third kappa shape index (κ3) is 2.34. The first-order valence-electron chi connectivity index (χ1n) is 7.62. The van der Waals surface area contributed by atoms with Crippen LogP contribution in [0.5, 0.6) is 0 Å². The van der Waals surface area contributed by atoms with Crippen LogP contribution in [-0.2, 0) is 6.54 Å². The minimum atomic E-state index is 0.461. The van der Waals surface area contributed by atoms with Crippen molar-refractivity contribution in [3.63, 3.8) is 0 Å². The number of nitrogens with zero attached hydrogens (tertiary/aromatic N) is 2. The van der Waals surface area contributed by atoms with Crippen LogP contribution in [0.25, 0.3) is 10.8 Å². The van der Waals surface area contributed by atoms with Crippen LogP contribution in [0.4, 0.5) is 0 Å². The smallest absolute Gasteiger partial charge is 0.0951 e. The molecule has 106 valence electrons.